The van der Waals surface area contributed by atoms with E-state index in [2.05, 4.69) is 5.32 Å². The number of hydrogen-bond acceptors (Lipinski definition) is 3. The standard InChI is InChI=1S/C23H26ClFN2O4/c24-19-7-4-8-20(22(19)25)27(18-5-2-1-3-6-18)23(30)26-13-16-9-11-17(12-10-16)14-31-15-21(28)29/h1-8,16-17H,9-15H2,(H,26,30)(H,28,29). The van der Waals surface area contributed by atoms with E-state index in [9.17, 15) is 14.0 Å². The van der Waals surface area contributed by atoms with E-state index >= 15 is 0 Å². The average Bonchev–Trinajstić information content (AvgIpc) is 2.77. The molecule has 0 aliphatic heterocycles. The average molecular weight is 449 g/mol. The number of ether oxygens (including phenoxy) is 1. The highest BCUT2D eigenvalue weighted by Gasteiger charge is 2.25. The van der Waals surface area contributed by atoms with Crippen LogP contribution < -0.4 is 10.2 Å². The number of benzene rings is 2. The van der Waals surface area contributed by atoms with Crippen LogP contribution >= 0.6 is 11.6 Å². The summed E-state index contributed by atoms with van der Waals surface area (Å²) in [6.07, 6.45) is 3.67. The quantitative estimate of drug-likeness (QED) is 0.579. The van der Waals surface area contributed by atoms with Crippen molar-refractivity contribution in [2.75, 3.05) is 24.7 Å². The monoisotopic (exact) mass is 448 g/mol. The second-order valence-corrected chi connectivity index (χ2v) is 8.13. The molecular weight excluding hydrogens is 423 g/mol. The minimum Gasteiger partial charge on any atom is -0.480 e. The number of nitrogens with zero attached hydrogens (tertiary/aromatic N) is 1. The Labute approximate surface area is 186 Å². The summed E-state index contributed by atoms with van der Waals surface area (Å²) < 4.78 is 19.9. The van der Waals surface area contributed by atoms with E-state index in [1.165, 1.54) is 17.0 Å². The van der Waals surface area contributed by atoms with Gasteiger partial charge < -0.3 is 15.2 Å². The highest BCUT2D eigenvalue weighted by Crippen LogP contribution is 2.32. The molecule has 0 bridgehead atoms. The van der Waals surface area contributed by atoms with Gasteiger partial charge in [0.05, 0.1) is 23.0 Å². The van der Waals surface area contributed by atoms with Crippen molar-refractivity contribution in [3.05, 3.63) is 59.4 Å². The maximum atomic E-state index is 14.7. The number of carbonyl (C=O) groups is 2. The second kappa shape index (κ2) is 11.1. The molecule has 8 heteroatoms. The van der Waals surface area contributed by atoms with Crippen LogP contribution in [0, 0.1) is 17.7 Å². The van der Waals surface area contributed by atoms with Gasteiger partial charge in [0, 0.05) is 6.54 Å². The zero-order valence-electron chi connectivity index (χ0n) is 17.1. The Kier molecular flexibility index (Phi) is 8.26. The van der Waals surface area contributed by atoms with Crippen LogP contribution in [-0.4, -0.2) is 36.9 Å². The Morgan fingerprint density at radius 3 is 2.42 bits per heavy atom. The molecule has 0 spiro atoms. The van der Waals surface area contributed by atoms with E-state index < -0.39 is 17.8 Å². The lowest BCUT2D eigenvalue weighted by Crippen LogP contribution is -2.40. The normalized spacial score (nSPS) is 18.4. The van der Waals surface area contributed by atoms with Gasteiger partial charge in [-0.2, -0.15) is 0 Å². The van der Waals surface area contributed by atoms with E-state index in [-0.39, 0.29) is 17.3 Å². The summed E-state index contributed by atoms with van der Waals surface area (Å²) in [5.41, 5.74) is 0.635. The summed E-state index contributed by atoms with van der Waals surface area (Å²) in [6, 6.07) is 13.0. The number of aliphatic carboxylic acids is 1. The number of carboxylic acids is 1. The first-order valence-electron chi connectivity index (χ1n) is 10.3. The number of nitrogens with one attached hydrogen (secondary N) is 1. The molecule has 2 aromatic carbocycles. The van der Waals surface area contributed by atoms with Gasteiger partial charge >= 0.3 is 12.0 Å². The topological polar surface area (TPSA) is 78.9 Å². The predicted octanol–water partition coefficient (Wildman–Crippen LogP) is 5.23. The predicted molar refractivity (Wildman–Crippen MR) is 117 cm³/mol. The Balaban J connectivity index is 1.59. The lowest BCUT2D eigenvalue weighted by Gasteiger charge is -2.30. The number of hydrogen-bond donors (Lipinski definition) is 2. The molecule has 2 aromatic rings. The maximum absolute atomic E-state index is 14.7. The maximum Gasteiger partial charge on any atom is 0.329 e. The number of halogens is 2. The van der Waals surface area contributed by atoms with Gasteiger partial charge in [-0.25, -0.2) is 14.0 Å². The minimum absolute atomic E-state index is 0.0466. The van der Waals surface area contributed by atoms with E-state index in [4.69, 9.17) is 21.4 Å². The second-order valence-electron chi connectivity index (χ2n) is 7.73. The Morgan fingerprint density at radius 1 is 1.06 bits per heavy atom. The van der Waals surface area contributed by atoms with E-state index in [0.29, 0.717) is 30.7 Å². The van der Waals surface area contributed by atoms with Gasteiger partial charge in [-0.15, -0.1) is 0 Å². The van der Waals surface area contributed by atoms with Crippen LogP contribution in [0.5, 0.6) is 0 Å². The van der Waals surface area contributed by atoms with Crippen LogP contribution in [0.3, 0.4) is 0 Å². The number of para-hydroxylation sites is 1. The molecule has 2 amide bonds. The van der Waals surface area contributed by atoms with Crippen molar-refractivity contribution in [2.24, 2.45) is 11.8 Å². The highest BCUT2D eigenvalue weighted by atomic mass is 35.5. The third-order valence-electron chi connectivity index (χ3n) is 5.48. The molecule has 0 saturated heterocycles. The fourth-order valence-electron chi connectivity index (χ4n) is 3.83. The fourth-order valence-corrected chi connectivity index (χ4v) is 4.00. The van der Waals surface area contributed by atoms with Crippen LogP contribution in [0.25, 0.3) is 0 Å². The molecule has 3 rings (SSSR count). The summed E-state index contributed by atoms with van der Waals surface area (Å²) in [4.78, 5) is 24.9. The van der Waals surface area contributed by atoms with Crippen molar-refractivity contribution in [3.63, 3.8) is 0 Å². The number of rotatable bonds is 8. The van der Waals surface area contributed by atoms with Crippen molar-refractivity contribution in [1.29, 1.82) is 0 Å². The molecular formula is C23H26ClFN2O4. The minimum atomic E-state index is -0.962. The Bertz CT molecular complexity index is 888. The van der Waals surface area contributed by atoms with Gasteiger partial charge in [0.15, 0.2) is 5.82 Å². The summed E-state index contributed by atoms with van der Waals surface area (Å²) in [5, 5.41) is 11.5. The summed E-state index contributed by atoms with van der Waals surface area (Å²) in [5.74, 6) is -0.963. The van der Waals surface area contributed by atoms with Gasteiger partial charge in [-0.1, -0.05) is 35.9 Å². The third kappa shape index (κ3) is 6.42. The zero-order chi connectivity index (χ0) is 22.2. The molecule has 0 aromatic heterocycles. The molecule has 31 heavy (non-hydrogen) atoms. The summed E-state index contributed by atoms with van der Waals surface area (Å²) in [6.45, 7) is 0.652. The lowest BCUT2D eigenvalue weighted by molar-refractivity contribution is -0.142. The number of carbonyl (C=O) groups excluding carboxylic acids is 1. The Morgan fingerprint density at radius 2 is 1.74 bits per heavy atom. The van der Waals surface area contributed by atoms with Crippen molar-refractivity contribution < 1.29 is 23.8 Å². The highest BCUT2D eigenvalue weighted by molar-refractivity contribution is 6.31. The summed E-state index contributed by atoms with van der Waals surface area (Å²) in [7, 11) is 0. The molecule has 0 unspecified atom stereocenters. The zero-order valence-corrected chi connectivity index (χ0v) is 17.9. The molecule has 1 fully saturated rings. The first-order valence-corrected chi connectivity index (χ1v) is 10.7. The SMILES string of the molecule is O=C(O)COCC1CCC(CNC(=O)N(c2ccccc2)c2cccc(Cl)c2F)CC1. The van der Waals surface area contributed by atoms with Gasteiger partial charge in [0.1, 0.15) is 6.61 Å². The van der Waals surface area contributed by atoms with Crippen LogP contribution in [-0.2, 0) is 9.53 Å². The van der Waals surface area contributed by atoms with Crippen molar-refractivity contribution in [1.82, 2.24) is 5.32 Å². The number of carboxylic acid groups (broad SMARTS) is 1. The van der Waals surface area contributed by atoms with Crippen LogP contribution in [0.2, 0.25) is 5.02 Å². The molecule has 1 aliphatic carbocycles. The van der Waals surface area contributed by atoms with Gasteiger partial charge in [-0.3, -0.25) is 4.90 Å². The van der Waals surface area contributed by atoms with Gasteiger partial charge in [0.25, 0.3) is 0 Å². The van der Waals surface area contributed by atoms with E-state index in [0.717, 1.165) is 25.7 Å². The first-order chi connectivity index (χ1) is 15.0. The first kappa shape index (κ1) is 23.0. The molecule has 166 valence electrons. The molecule has 0 atom stereocenters. The van der Waals surface area contributed by atoms with Crippen molar-refractivity contribution >= 4 is 35.0 Å². The van der Waals surface area contributed by atoms with Crippen molar-refractivity contribution in [2.45, 2.75) is 25.7 Å². The van der Waals surface area contributed by atoms with E-state index in [1.54, 1.807) is 30.3 Å². The molecule has 1 saturated carbocycles. The molecule has 2 N–H and O–H groups in total. The van der Waals surface area contributed by atoms with Crippen LogP contribution in [0.1, 0.15) is 25.7 Å². The summed E-state index contributed by atoms with van der Waals surface area (Å²) >= 11 is 5.94. The number of urea groups is 1. The van der Waals surface area contributed by atoms with Crippen LogP contribution in [0.15, 0.2) is 48.5 Å². The number of anilines is 2. The molecule has 1 aliphatic rings. The van der Waals surface area contributed by atoms with E-state index in [1.807, 2.05) is 6.07 Å². The molecule has 0 radical (unpaired) electrons. The lowest BCUT2D eigenvalue weighted by atomic mass is 9.82. The Hall–Kier alpha value is -2.64. The molecule has 0 heterocycles. The number of amides is 2. The largest absolute Gasteiger partial charge is 0.480 e. The van der Waals surface area contributed by atoms with Crippen molar-refractivity contribution in [3.8, 4) is 0 Å². The fraction of sp³-hybridized carbons (Fsp3) is 0.391. The molecule has 6 nitrogen and oxygen atoms in total. The van der Waals surface area contributed by atoms with Gasteiger partial charge in [0.2, 0.25) is 0 Å². The van der Waals surface area contributed by atoms with Gasteiger partial charge in [-0.05, 0) is 61.8 Å². The smallest absolute Gasteiger partial charge is 0.329 e. The van der Waals surface area contributed by atoms with Crippen LogP contribution in [0.4, 0.5) is 20.6 Å². The third-order valence-corrected chi connectivity index (χ3v) is 5.77.